The van der Waals surface area contributed by atoms with Gasteiger partial charge in [-0.2, -0.15) is 5.10 Å². The number of nitrogens with zero attached hydrogens (tertiary/aromatic N) is 7. The van der Waals surface area contributed by atoms with Crippen LogP contribution in [0.25, 0.3) is 11.2 Å². The Bertz CT molecular complexity index is 1120. The van der Waals surface area contributed by atoms with Crippen molar-refractivity contribution in [3.63, 3.8) is 0 Å². The lowest BCUT2D eigenvalue weighted by Crippen LogP contribution is -2.42. The molecule has 11 heteroatoms. The van der Waals surface area contributed by atoms with E-state index in [9.17, 15) is 13.6 Å². The first-order chi connectivity index (χ1) is 15.4. The number of hydrogen-bond acceptors (Lipinski definition) is 7. The summed E-state index contributed by atoms with van der Waals surface area (Å²) in [6.07, 6.45) is 5.83. The van der Waals surface area contributed by atoms with Gasteiger partial charge in [0.1, 0.15) is 22.9 Å². The number of halogens is 2. The fourth-order valence-corrected chi connectivity index (χ4v) is 5.55. The van der Waals surface area contributed by atoms with Gasteiger partial charge in [-0.1, -0.05) is 6.92 Å². The highest BCUT2D eigenvalue weighted by atomic mass is 32.1. The zero-order chi connectivity index (χ0) is 22.3. The van der Waals surface area contributed by atoms with Gasteiger partial charge in [0.2, 0.25) is 5.91 Å². The zero-order valence-electron chi connectivity index (χ0n) is 17.9. The summed E-state index contributed by atoms with van der Waals surface area (Å²) in [6, 6.07) is 0. The van der Waals surface area contributed by atoms with E-state index in [2.05, 4.69) is 31.9 Å². The van der Waals surface area contributed by atoms with E-state index in [-0.39, 0.29) is 11.3 Å². The summed E-state index contributed by atoms with van der Waals surface area (Å²) in [5, 5.41) is 4.98. The minimum atomic E-state index is -2.50. The van der Waals surface area contributed by atoms with E-state index in [1.165, 1.54) is 15.8 Å². The number of aryl methyl sites for hydroxylation is 1. The maximum Gasteiger partial charge on any atom is 0.258 e. The summed E-state index contributed by atoms with van der Waals surface area (Å²) in [4.78, 5) is 31.4. The predicted molar refractivity (Wildman–Crippen MR) is 117 cm³/mol. The van der Waals surface area contributed by atoms with Crippen molar-refractivity contribution >= 4 is 34.2 Å². The van der Waals surface area contributed by atoms with Crippen LogP contribution in [0.1, 0.15) is 36.1 Å². The molecule has 0 radical (unpaired) electrons. The monoisotopic (exact) mass is 461 g/mol. The number of carbonyl (C=O) groups excluding carboxylic acids is 1. The molecule has 1 amide bonds. The van der Waals surface area contributed by atoms with Crippen LogP contribution in [0.3, 0.4) is 0 Å². The number of aromatic nitrogens is 5. The fraction of sp³-hybridized carbons (Fsp3) is 0.571. The average Bonchev–Trinajstić information content (AvgIpc) is 3.47. The van der Waals surface area contributed by atoms with Gasteiger partial charge >= 0.3 is 0 Å². The average molecular weight is 462 g/mol. The van der Waals surface area contributed by atoms with Crippen LogP contribution in [0.15, 0.2) is 18.6 Å². The van der Waals surface area contributed by atoms with Crippen LogP contribution >= 0.6 is 11.3 Å². The number of thiazole rings is 1. The van der Waals surface area contributed by atoms with Crippen molar-refractivity contribution in [3.05, 3.63) is 28.5 Å². The minimum absolute atomic E-state index is 0.0204. The molecule has 0 aromatic carbocycles. The van der Waals surface area contributed by atoms with E-state index in [1.807, 2.05) is 11.1 Å². The van der Waals surface area contributed by atoms with Crippen LogP contribution < -0.4 is 4.90 Å². The van der Waals surface area contributed by atoms with Crippen molar-refractivity contribution in [2.75, 3.05) is 24.5 Å². The lowest BCUT2D eigenvalue weighted by Gasteiger charge is -2.39. The normalized spacial score (nSPS) is 18.6. The molecule has 5 rings (SSSR count). The van der Waals surface area contributed by atoms with Gasteiger partial charge in [-0.15, -0.1) is 11.3 Å². The van der Waals surface area contributed by atoms with Gasteiger partial charge in [-0.25, -0.2) is 28.4 Å². The minimum Gasteiger partial charge on any atom is -0.355 e. The van der Waals surface area contributed by atoms with Gasteiger partial charge < -0.3 is 9.80 Å². The predicted octanol–water partition coefficient (Wildman–Crippen LogP) is 3.13. The first-order valence-corrected chi connectivity index (χ1v) is 11.7. The summed E-state index contributed by atoms with van der Waals surface area (Å²) >= 11 is 1.68. The molecule has 2 fully saturated rings. The van der Waals surface area contributed by atoms with Crippen LogP contribution in [0.4, 0.5) is 14.6 Å². The van der Waals surface area contributed by atoms with Crippen LogP contribution in [-0.2, 0) is 24.3 Å². The lowest BCUT2D eigenvalue weighted by atomic mass is 9.77. The highest BCUT2D eigenvalue weighted by molar-refractivity contribution is 7.11. The summed E-state index contributed by atoms with van der Waals surface area (Å²) in [5.74, 6) is 0.864. The fourth-order valence-electron chi connectivity index (χ4n) is 4.67. The third kappa shape index (κ3) is 4.05. The van der Waals surface area contributed by atoms with E-state index in [4.69, 9.17) is 0 Å². The Balaban J connectivity index is 1.25. The number of rotatable bonds is 6. The van der Waals surface area contributed by atoms with Gasteiger partial charge in [-0.05, 0) is 19.3 Å². The third-order valence-corrected chi connectivity index (χ3v) is 7.60. The van der Waals surface area contributed by atoms with E-state index in [1.54, 1.807) is 17.5 Å². The van der Waals surface area contributed by atoms with Gasteiger partial charge in [0.25, 0.3) is 6.43 Å². The number of anilines is 1. The number of fused-ring (bicyclic) bond motifs is 1. The molecule has 2 saturated heterocycles. The van der Waals surface area contributed by atoms with Gasteiger partial charge in [-0.3, -0.25) is 4.79 Å². The van der Waals surface area contributed by atoms with Crippen LogP contribution in [-0.4, -0.2) is 61.6 Å². The second-order valence-corrected chi connectivity index (χ2v) is 9.84. The smallest absolute Gasteiger partial charge is 0.258 e. The van der Waals surface area contributed by atoms with Crippen molar-refractivity contribution in [3.8, 4) is 0 Å². The van der Waals surface area contributed by atoms with Crippen molar-refractivity contribution < 1.29 is 13.6 Å². The molecule has 3 aromatic rings. The Morgan fingerprint density at radius 2 is 2.00 bits per heavy atom. The van der Waals surface area contributed by atoms with Gasteiger partial charge in [0.05, 0.1) is 18.9 Å². The largest absolute Gasteiger partial charge is 0.355 e. The van der Waals surface area contributed by atoms with E-state index in [0.717, 1.165) is 43.9 Å². The van der Waals surface area contributed by atoms with Gasteiger partial charge in [0, 0.05) is 42.5 Å². The zero-order valence-corrected chi connectivity index (χ0v) is 18.7. The molecule has 0 saturated carbocycles. The number of amides is 1. The summed E-state index contributed by atoms with van der Waals surface area (Å²) in [7, 11) is 0. The molecule has 0 bridgehead atoms. The summed E-state index contributed by atoms with van der Waals surface area (Å²) < 4.78 is 26.8. The third-order valence-electron chi connectivity index (χ3n) is 6.47. The highest BCUT2D eigenvalue weighted by Gasteiger charge is 2.45. The van der Waals surface area contributed by atoms with Crippen molar-refractivity contribution in [1.82, 2.24) is 29.6 Å². The molecule has 2 aliphatic heterocycles. The number of alkyl halides is 2. The van der Waals surface area contributed by atoms with Crippen LogP contribution in [0.2, 0.25) is 0 Å². The standard InChI is InChI=1S/C21H25F2N7OS/c1-2-14-8-25-18(32-14)12-29-13-21(7-19(29)31)3-5-28(6-4-21)17-10-24-15-9-26-30(11-16(22)23)20(15)27-17/h8-10,16H,2-7,11-13H2,1H3. The summed E-state index contributed by atoms with van der Waals surface area (Å²) in [5.41, 5.74) is 0.862. The molecule has 2 aliphatic rings. The summed E-state index contributed by atoms with van der Waals surface area (Å²) in [6.45, 7) is 4.46. The molecule has 0 atom stereocenters. The number of likely N-dealkylation sites (tertiary alicyclic amines) is 1. The van der Waals surface area contributed by atoms with Gasteiger partial charge in [0.15, 0.2) is 5.65 Å². The molecular formula is C21H25F2N7OS. The molecule has 32 heavy (non-hydrogen) atoms. The number of carbonyl (C=O) groups is 1. The quantitative estimate of drug-likeness (QED) is 0.561. The second kappa shape index (κ2) is 8.34. The lowest BCUT2D eigenvalue weighted by molar-refractivity contribution is -0.128. The molecule has 3 aromatic heterocycles. The molecule has 0 aliphatic carbocycles. The van der Waals surface area contributed by atoms with Crippen molar-refractivity contribution in [2.45, 2.75) is 52.1 Å². The molecule has 0 unspecified atom stereocenters. The Kier molecular flexibility index (Phi) is 5.52. The first kappa shape index (κ1) is 21.2. The van der Waals surface area contributed by atoms with E-state index in [0.29, 0.717) is 29.9 Å². The van der Waals surface area contributed by atoms with Crippen molar-refractivity contribution in [2.24, 2.45) is 5.41 Å². The van der Waals surface area contributed by atoms with Crippen molar-refractivity contribution in [1.29, 1.82) is 0 Å². The Labute approximate surface area is 188 Å². The van der Waals surface area contributed by atoms with E-state index >= 15 is 0 Å². The Morgan fingerprint density at radius 1 is 1.19 bits per heavy atom. The molecule has 1 spiro atoms. The topological polar surface area (TPSA) is 80.0 Å². The molecular weight excluding hydrogens is 436 g/mol. The number of piperidine rings is 1. The maximum atomic E-state index is 12.8. The first-order valence-electron chi connectivity index (χ1n) is 10.9. The Morgan fingerprint density at radius 3 is 2.72 bits per heavy atom. The number of hydrogen-bond donors (Lipinski definition) is 0. The maximum absolute atomic E-state index is 12.8. The second-order valence-electron chi connectivity index (χ2n) is 8.64. The van der Waals surface area contributed by atoms with Crippen LogP contribution in [0, 0.1) is 5.41 Å². The SMILES string of the molecule is CCc1cnc(CN2CC3(CCN(c4cnc5cnn(CC(F)F)c5n4)CC3)CC2=O)s1. The Hall–Kier alpha value is -2.69. The van der Waals surface area contributed by atoms with E-state index < -0.39 is 13.0 Å². The molecule has 5 heterocycles. The molecule has 0 N–H and O–H groups in total. The van der Waals surface area contributed by atoms with Crippen LogP contribution in [0.5, 0.6) is 0 Å². The molecule has 170 valence electrons. The highest BCUT2D eigenvalue weighted by Crippen LogP contribution is 2.42. The molecule has 8 nitrogen and oxygen atoms in total.